The predicted octanol–water partition coefficient (Wildman–Crippen LogP) is 5.44. The summed E-state index contributed by atoms with van der Waals surface area (Å²) in [5.41, 5.74) is 4.26. The molecule has 0 bridgehead atoms. The van der Waals surface area contributed by atoms with Crippen molar-refractivity contribution in [3.8, 4) is 0 Å². The Labute approximate surface area is 245 Å². The van der Waals surface area contributed by atoms with Gasteiger partial charge in [0.05, 0.1) is 11.9 Å². The molecule has 8 heteroatoms. The molecule has 7 nitrogen and oxygen atoms in total. The van der Waals surface area contributed by atoms with Crippen molar-refractivity contribution in [1.82, 2.24) is 10.2 Å². The van der Waals surface area contributed by atoms with Gasteiger partial charge in [-0.3, -0.25) is 13.9 Å². The summed E-state index contributed by atoms with van der Waals surface area (Å²) >= 11 is 0. The van der Waals surface area contributed by atoms with Crippen molar-refractivity contribution in [2.24, 2.45) is 0 Å². The topological polar surface area (TPSA) is 86.8 Å². The zero-order valence-electron chi connectivity index (χ0n) is 25.0. The predicted molar refractivity (Wildman–Crippen MR) is 166 cm³/mol. The Hall–Kier alpha value is -3.65. The molecule has 220 valence electrons. The van der Waals surface area contributed by atoms with Gasteiger partial charge in [0, 0.05) is 19.0 Å². The first-order valence-corrected chi connectivity index (χ1v) is 16.0. The van der Waals surface area contributed by atoms with E-state index in [-0.39, 0.29) is 24.4 Å². The minimum Gasteiger partial charge on any atom is -0.352 e. The maximum atomic E-state index is 14.2. The molecule has 2 atom stereocenters. The molecule has 0 spiro atoms. The average molecular weight is 578 g/mol. The van der Waals surface area contributed by atoms with Crippen LogP contribution in [0.15, 0.2) is 78.9 Å². The lowest BCUT2D eigenvalue weighted by atomic mass is 10.0. The van der Waals surface area contributed by atoms with Gasteiger partial charge in [-0.2, -0.15) is 0 Å². The number of aryl methyl sites for hydroxylation is 1. The number of hydrogen-bond donors (Lipinski definition) is 1. The van der Waals surface area contributed by atoms with Crippen molar-refractivity contribution >= 4 is 27.5 Å². The normalized spacial score (nSPS) is 13.0. The van der Waals surface area contributed by atoms with Crippen LogP contribution < -0.4 is 9.62 Å². The van der Waals surface area contributed by atoms with Gasteiger partial charge in [-0.05, 0) is 60.6 Å². The summed E-state index contributed by atoms with van der Waals surface area (Å²) in [5.74, 6) is -0.436. The Balaban J connectivity index is 2.06. The number of nitrogens with zero attached hydrogens (tertiary/aromatic N) is 2. The molecule has 3 aromatic carbocycles. The Morgan fingerprint density at radius 1 is 0.878 bits per heavy atom. The zero-order valence-corrected chi connectivity index (χ0v) is 25.8. The van der Waals surface area contributed by atoms with Crippen molar-refractivity contribution in [2.75, 3.05) is 17.1 Å². The minimum absolute atomic E-state index is 0.0804. The number of benzene rings is 3. The van der Waals surface area contributed by atoms with E-state index in [9.17, 15) is 18.0 Å². The number of nitrogens with one attached hydrogen (secondary N) is 1. The highest BCUT2D eigenvalue weighted by atomic mass is 32.2. The number of carbonyl (C=O) groups is 2. The van der Waals surface area contributed by atoms with Crippen molar-refractivity contribution in [3.63, 3.8) is 0 Å². The maximum Gasteiger partial charge on any atom is 0.244 e. The van der Waals surface area contributed by atoms with Gasteiger partial charge < -0.3 is 10.2 Å². The van der Waals surface area contributed by atoms with E-state index in [1.54, 1.807) is 12.1 Å². The number of carbonyl (C=O) groups excluding carboxylic acids is 2. The fourth-order valence-electron chi connectivity index (χ4n) is 4.61. The first-order valence-electron chi connectivity index (χ1n) is 14.2. The Morgan fingerprint density at radius 3 is 2.05 bits per heavy atom. The smallest absolute Gasteiger partial charge is 0.244 e. The molecule has 2 amide bonds. The van der Waals surface area contributed by atoms with Crippen LogP contribution in [-0.2, 0) is 32.6 Å². The van der Waals surface area contributed by atoms with E-state index in [2.05, 4.69) is 19.2 Å². The van der Waals surface area contributed by atoms with Crippen LogP contribution in [0.3, 0.4) is 0 Å². The van der Waals surface area contributed by atoms with Crippen molar-refractivity contribution in [1.29, 1.82) is 0 Å². The van der Waals surface area contributed by atoms with Gasteiger partial charge in [-0.1, -0.05) is 87.5 Å². The average Bonchev–Trinajstić information content (AvgIpc) is 2.94. The molecular formula is C33H43N3O4S. The van der Waals surface area contributed by atoms with Crippen LogP contribution in [0.1, 0.15) is 62.3 Å². The molecule has 0 aromatic heterocycles. The molecular weight excluding hydrogens is 534 g/mol. The van der Waals surface area contributed by atoms with E-state index < -0.39 is 28.5 Å². The molecule has 3 aromatic rings. The second kappa shape index (κ2) is 14.3. The lowest BCUT2D eigenvalue weighted by Crippen LogP contribution is -2.54. The third kappa shape index (κ3) is 8.92. The molecule has 41 heavy (non-hydrogen) atoms. The molecule has 3 rings (SSSR count). The molecule has 0 fully saturated rings. The number of hydrogen-bond acceptors (Lipinski definition) is 4. The highest BCUT2D eigenvalue weighted by Gasteiger charge is 2.33. The van der Waals surface area contributed by atoms with Crippen LogP contribution in [0.4, 0.5) is 5.69 Å². The first-order chi connectivity index (χ1) is 19.4. The molecule has 0 radical (unpaired) electrons. The molecule has 0 aliphatic heterocycles. The van der Waals surface area contributed by atoms with Crippen molar-refractivity contribution in [2.45, 2.75) is 72.0 Å². The first kappa shape index (κ1) is 31.9. The van der Waals surface area contributed by atoms with Crippen molar-refractivity contribution in [3.05, 3.63) is 101 Å². The minimum atomic E-state index is -3.80. The summed E-state index contributed by atoms with van der Waals surface area (Å²) in [7, 11) is -3.80. The summed E-state index contributed by atoms with van der Waals surface area (Å²) in [6.45, 7) is 9.75. The Bertz CT molecular complexity index is 1410. The summed E-state index contributed by atoms with van der Waals surface area (Å²) in [4.78, 5) is 29.5. The van der Waals surface area contributed by atoms with E-state index in [1.807, 2.05) is 87.5 Å². The third-order valence-corrected chi connectivity index (χ3v) is 8.54. The van der Waals surface area contributed by atoms with Crippen LogP contribution in [0.2, 0.25) is 0 Å². The third-order valence-electron chi connectivity index (χ3n) is 7.40. The highest BCUT2D eigenvalue weighted by Crippen LogP contribution is 2.24. The summed E-state index contributed by atoms with van der Waals surface area (Å²) in [6.07, 6.45) is 2.13. The van der Waals surface area contributed by atoms with E-state index in [0.29, 0.717) is 12.1 Å². The van der Waals surface area contributed by atoms with Gasteiger partial charge in [0.2, 0.25) is 21.8 Å². The molecule has 0 aliphatic carbocycles. The van der Waals surface area contributed by atoms with Crippen LogP contribution in [0.5, 0.6) is 0 Å². The van der Waals surface area contributed by atoms with Crippen LogP contribution in [-0.4, -0.2) is 50.0 Å². The number of anilines is 1. The number of amides is 2. The molecule has 0 heterocycles. The van der Waals surface area contributed by atoms with Crippen LogP contribution in [0.25, 0.3) is 0 Å². The second-order valence-corrected chi connectivity index (χ2v) is 12.9. The lowest BCUT2D eigenvalue weighted by molar-refractivity contribution is -0.140. The fraction of sp³-hybridized carbons (Fsp3) is 0.394. The van der Waals surface area contributed by atoms with Gasteiger partial charge in [0.25, 0.3) is 0 Å². The molecule has 0 saturated carbocycles. The Kier molecular flexibility index (Phi) is 11.1. The summed E-state index contributed by atoms with van der Waals surface area (Å²) in [5, 5.41) is 3.05. The maximum absolute atomic E-state index is 14.2. The van der Waals surface area contributed by atoms with E-state index in [1.165, 1.54) is 4.90 Å². The second-order valence-electron chi connectivity index (χ2n) is 11.0. The van der Waals surface area contributed by atoms with Crippen molar-refractivity contribution < 1.29 is 18.0 Å². The van der Waals surface area contributed by atoms with E-state index >= 15 is 0 Å². The van der Waals surface area contributed by atoms with Gasteiger partial charge >= 0.3 is 0 Å². The van der Waals surface area contributed by atoms with Gasteiger partial charge in [0.15, 0.2) is 0 Å². The number of rotatable bonds is 13. The largest absolute Gasteiger partial charge is 0.352 e. The molecule has 0 aliphatic rings. The highest BCUT2D eigenvalue weighted by molar-refractivity contribution is 7.92. The molecule has 1 N–H and O–H groups in total. The summed E-state index contributed by atoms with van der Waals surface area (Å²) in [6, 6.07) is 23.6. The van der Waals surface area contributed by atoms with Crippen LogP contribution in [0, 0.1) is 6.92 Å². The van der Waals surface area contributed by atoms with Crippen LogP contribution >= 0.6 is 0 Å². The lowest BCUT2D eigenvalue weighted by Gasteiger charge is -2.34. The quantitative estimate of drug-likeness (QED) is 0.293. The SMILES string of the molecule is CC[C@@H](C)NC(=O)[C@H](Cc1ccccc1)N(Cc1ccccc1C)C(=O)CN(c1ccc(C(C)C)cc1)S(C)(=O)=O. The summed E-state index contributed by atoms with van der Waals surface area (Å²) < 4.78 is 27.1. The number of sulfonamides is 1. The van der Waals surface area contributed by atoms with Gasteiger partial charge in [-0.15, -0.1) is 0 Å². The van der Waals surface area contributed by atoms with Gasteiger partial charge in [0.1, 0.15) is 12.6 Å². The Morgan fingerprint density at radius 2 is 1.49 bits per heavy atom. The zero-order chi connectivity index (χ0) is 30.2. The standard InChI is InChI=1S/C33H43N3O4S/c1-7-26(5)34-33(38)31(21-27-14-9-8-10-15-27)35(22-29-16-12-11-13-25(29)4)32(37)23-36(41(6,39)40)30-19-17-28(18-20-30)24(2)3/h8-20,24,26,31H,7,21-23H2,1-6H3,(H,34,38)/t26-,31+/m1/s1. The van der Waals surface area contributed by atoms with Gasteiger partial charge in [-0.25, -0.2) is 8.42 Å². The monoisotopic (exact) mass is 577 g/mol. The van der Waals surface area contributed by atoms with E-state index in [4.69, 9.17) is 0 Å². The molecule has 0 unspecified atom stereocenters. The van der Waals surface area contributed by atoms with E-state index in [0.717, 1.165) is 39.2 Å². The molecule has 0 saturated heterocycles. The fourth-order valence-corrected chi connectivity index (χ4v) is 5.45.